The first kappa shape index (κ1) is 25.3. The standard InChI is InChI=1S/C21H30N4O6S/c1-6-13(4)24-32(29,30)18-11-15(22-20(26)14(7-2)8-3)9-10-17(18)31-19-12-16(21(27)28)23-25(19)5/h9-14,24H,6-8H2,1-5H3,(H,22,26)(H,27,28)/t13-/m0/s1. The van der Waals surface area contributed by atoms with E-state index in [-0.39, 0.29) is 40.1 Å². The number of benzene rings is 1. The molecule has 0 bridgehead atoms. The molecule has 0 fully saturated rings. The van der Waals surface area contributed by atoms with Crippen LogP contribution < -0.4 is 14.8 Å². The zero-order chi connectivity index (χ0) is 24.1. The average Bonchev–Trinajstić information content (AvgIpc) is 3.10. The van der Waals surface area contributed by atoms with Crippen LogP contribution in [0.3, 0.4) is 0 Å². The third-order valence-electron chi connectivity index (χ3n) is 5.10. The molecule has 1 amide bonds. The Morgan fingerprint density at radius 2 is 1.81 bits per heavy atom. The molecule has 10 nitrogen and oxygen atoms in total. The van der Waals surface area contributed by atoms with E-state index in [9.17, 15) is 18.0 Å². The number of nitrogens with zero attached hydrogens (tertiary/aromatic N) is 2. The van der Waals surface area contributed by atoms with Crippen LogP contribution in [0.25, 0.3) is 0 Å². The molecule has 32 heavy (non-hydrogen) atoms. The molecule has 11 heteroatoms. The number of carboxylic acids is 1. The molecule has 1 aromatic carbocycles. The minimum Gasteiger partial charge on any atom is -0.476 e. The van der Waals surface area contributed by atoms with E-state index in [1.807, 2.05) is 20.8 Å². The number of carbonyl (C=O) groups excluding carboxylic acids is 1. The van der Waals surface area contributed by atoms with Gasteiger partial charge in [-0.15, -0.1) is 0 Å². The second-order valence-corrected chi connectivity index (χ2v) is 9.18. The van der Waals surface area contributed by atoms with Crippen LogP contribution in [0, 0.1) is 5.92 Å². The van der Waals surface area contributed by atoms with Gasteiger partial charge >= 0.3 is 5.97 Å². The van der Waals surface area contributed by atoms with Gasteiger partial charge in [-0.25, -0.2) is 22.6 Å². The van der Waals surface area contributed by atoms with Crippen LogP contribution in [-0.4, -0.2) is 41.2 Å². The Hall–Kier alpha value is -2.92. The highest BCUT2D eigenvalue weighted by Crippen LogP contribution is 2.32. The van der Waals surface area contributed by atoms with E-state index >= 15 is 0 Å². The molecular formula is C21H30N4O6S. The predicted octanol–water partition coefficient (Wildman–Crippen LogP) is 3.36. The van der Waals surface area contributed by atoms with E-state index in [0.717, 1.165) is 0 Å². The van der Waals surface area contributed by atoms with E-state index in [1.165, 1.54) is 36.0 Å². The molecule has 0 saturated heterocycles. The SMILES string of the molecule is CCC(CC)C(=O)Nc1ccc(Oc2cc(C(=O)O)nn2C)c(S(=O)(=O)N[C@@H](C)CC)c1. The van der Waals surface area contributed by atoms with E-state index in [1.54, 1.807) is 6.92 Å². The summed E-state index contributed by atoms with van der Waals surface area (Å²) in [6.07, 6.45) is 1.90. The largest absolute Gasteiger partial charge is 0.476 e. The molecule has 0 spiro atoms. The monoisotopic (exact) mass is 466 g/mol. The van der Waals surface area contributed by atoms with Crippen LogP contribution >= 0.6 is 0 Å². The smallest absolute Gasteiger partial charge is 0.356 e. The molecule has 1 atom stereocenters. The number of rotatable bonds is 11. The summed E-state index contributed by atoms with van der Waals surface area (Å²) in [4.78, 5) is 23.5. The first-order valence-electron chi connectivity index (χ1n) is 10.4. The quantitative estimate of drug-likeness (QED) is 0.461. The fraction of sp³-hybridized carbons (Fsp3) is 0.476. The normalized spacial score (nSPS) is 12.6. The number of carbonyl (C=O) groups is 2. The van der Waals surface area contributed by atoms with Crippen molar-refractivity contribution in [3.8, 4) is 11.6 Å². The Kier molecular flexibility index (Phi) is 8.39. The Morgan fingerprint density at radius 3 is 2.34 bits per heavy atom. The van der Waals surface area contributed by atoms with Crippen LogP contribution in [0.4, 0.5) is 5.69 Å². The lowest BCUT2D eigenvalue weighted by Crippen LogP contribution is -2.32. The van der Waals surface area contributed by atoms with Gasteiger partial charge in [0, 0.05) is 30.8 Å². The summed E-state index contributed by atoms with van der Waals surface area (Å²) in [6.45, 7) is 7.41. The van der Waals surface area contributed by atoms with Crippen molar-refractivity contribution < 1.29 is 27.9 Å². The summed E-state index contributed by atoms with van der Waals surface area (Å²) in [5, 5.41) is 15.7. The predicted molar refractivity (Wildman–Crippen MR) is 119 cm³/mol. The van der Waals surface area contributed by atoms with E-state index in [0.29, 0.717) is 24.9 Å². The fourth-order valence-corrected chi connectivity index (χ4v) is 4.44. The number of anilines is 1. The molecule has 0 radical (unpaired) electrons. The number of carboxylic acid groups (broad SMARTS) is 1. The summed E-state index contributed by atoms with van der Waals surface area (Å²) in [5.41, 5.74) is 0.0775. The van der Waals surface area contributed by atoms with Gasteiger partial charge in [-0.3, -0.25) is 4.79 Å². The zero-order valence-corrected chi connectivity index (χ0v) is 19.7. The maximum absolute atomic E-state index is 13.1. The number of hydrogen-bond donors (Lipinski definition) is 3. The van der Waals surface area contributed by atoms with E-state index < -0.39 is 16.0 Å². The molecule has 1 heterocycles. The fourth-order valence-electron chi connectivity index (χ4n) is 2.96. The molecule has 0 unspecified atom stereocenters. The molecule has 1 aromatic heterocycles. The molecule has 0 saturated carbocycles. The van der Waals surface area contributed by atoms with Gasteiger partial charge in [0.2, 0.25) is 21.8 Å². The molecule has 0 aliphatic rings. The van der Waals surface area contributed by atoms with E-state index in [4.69, 9.17) is 9.84 Å². The van der Waals surface area contributed by atoms with Crippen molar-refractivity contribution in [2.45, 2.75) is 57.9 Å². The third kappa shape index (κ3) is 6.07. The number of aromatic carboxylic acids is 1. The molecule has 176 valence electrons. The summed E-state index contributed by atoms with van der Waals surface area (Å²) in [6, 6.07) is 5.15. The van der Waals surface area contributed by atoms with Crippen LogP contribution in [0.1, 0.15) is 57.4 Å². The number of hydrogen-bond acceptors (Lipinski definition) is 6. The Labute approximate surface area is 188 Å². The van der Waals surface area contributed by atoms with Gasteiger partial charge in [0.25, 0.3) is 0 Å². The number of aromatic nitrogens is 2. The molecule has 2 rings (SSSR count). The minimum atomic E-state index is -4.01. The highest BCUT2D eigenvalue weighted by Gasteiger charge is 2.25. The first-order chi connectivity index (χ1) is 15.0. The van der Waals surface area contributed by atoms with Crippen LogP contribution in [-0.2, 0) is 21.9 Å². The summed E-state index contributed by atoms with van der Waals surface area (Å²) >= 11 is 0. The van der Waals surface area contributed by atoms with Crippen molar-refractivity contribution in [1.82, 2.24) is 14.5 Å². The number of nitrogens with one attached hydrogen (secondary N) is 2. The molecule has 3 N–H and O–H groups in total. The van der Waals surface area contributed by atoms with Crippen molar-refractivity contribution in [2.24, 2.45) is 13.0 Å². The maximum Gasteiger partial charge on any atom is 0.356 e. The van der Waals surface area contributed by atoms with Crippen LogP contribution in [0.5, 0.6) is 11.6 Å². The van der Waals surface area contributed by atoms with Crippen molar-refractivity contribution in [2.75, 3.05) is 5.32 Å². The van der Waals surface area contributed by atoms with Gasteiger partial charge < -0.3 is 15.2 Å². The topological polar surface area (TPSA) is 140 Å². The minimum absolute atomic E-state index is 0.0266. The van der Waals surface area contributed by atoms with E-state index in [2.05, 4.69) is 15.1 Å². The number of aryl methyl sites for hydroxylation is 1. The Morgan fingerprint density at radius 1 is 1.16 bits per heavy atom. The Bertz CT molecular complexity index is 1080. The van der Waals surface area contributed by atoms with Crippen LogP contribution in [0.15, 0.2) is 29.2 Å². The van der Waals surface area contributed by atoms with Gasteiger partial charge in [0.15, 0.2) is 5.69 Å². The molecule has 0 aliphatic heterocycles. The number of sulfonamides is 1. The zero-order valence-electron chi connectivity index (χ0n) is 18.9. The van der Waals surface area contributed by atoms with Gasteiger partial charge in [-0.2, -0.15) is 5.10 Å². The Balaban J connectivity index is 2.48. The van der Waals surface area contributed by atoms with Crippen molar-refractivity contribution in [3.63, 3.8) is 0 Å². The number of amides is 1. The van der Waals surface area contributed by atoms with Gasteiger partial charge in [-0.1, -0.05) is 20.8 Å². The van der Waals surface area contributed by atoms with Crippen molar-refractivity contribution in [1.29, 1.82) is 0 Å². The molecule has 0 aliphatic carbocycles. The second-order valence-electron chi connectivity index (χ2n) is 7.49. The van der Waals surface area contributed by atoms with Crippen molar-refractivity contribution in [3.05, 3.63) is 30.0 Å². The van der Waals surface area contributed by atoms with Crippen LogP contribution in [0.2, 0.25) is 0 Å². The highest BCUT2D eigenvalue weighted by atomic mass is 32.2. The lowest BCUT2D eigenvalue weighted by atomic mass is 10.0. The third-order valence-corrected chi connectivity index (χ3v) is 6.71. The molecule has 2 aromatic rings. The number of ether oxygens (including phenoxy) is 1. The van der Waals surface area contributed by atoms with Gasteiger partial charge in [-0.05, 0) is 44.4 Å². The van der Waals surface area contributed by atoms with Gasteiger partial charge in [0.1, 0.15) is 10.6 Å². The average molecular weight is 467 g/mol. The van der Waals surface area contributed by atoms with Gasteiger partial charge in [0.05, 0.1) is 0 Å². The maximum atomic E-state index is 13.1. The lowest BCUT2D eigenvalue weighted by molar-refractivity contribution is -0.120. The first-order valence-corrected chi connectivity index (χ1v) is 11.9. The second kappa shape index (κ2) is 10.6. The highest BCUT2D eigenvalue weighted by molar-refractivity contribution is 7.89. The molecular weight excluding hydrogens is 436 g/mol. The summed E-state index contributed by atoms with van der Waals surface area (Å²) < 4.78 is 35.7. The summed E-state index contributed by atoms with van der Waals surface area (Å²) in [7, 11) is -2.52. The lowest BCUT2D eigenvalue weighted by Gasteiger charge is -2.18. The van der Waals surface area contributed by atoms with Crippen molar-refractivity contribution >= 4 is 27.6 Å². The summed E-state index contributed by atoms with van der Waals surface area (Å²) in [5.74, 6) is -1.59.